The van der Waals surface area contributed by atoms with Gasteiger partial charge in [0.1, 0.15) is 5.69 Å². The zero-order chi connectivity index (χ0) is 18.9. The zero-order valence-electron chi connectivity index (χ0n) is 15.9. The van der Waals surface area contributed by atoms with E-state index in [1.54, 1.807) is 13.0 Å². The van der Waals surface area contributed by atoms with Crippen molar-refractivity contribution in [3.8, 4) is 5.88 Å². The van der Waals surface area contributed by atoms with E-state index in [-0.39, 0.29) is 17.7 Å². The van der Waals surface area contributed by atoms with Crippen LogP contribution in [-0.4, -0.2) is 28.9 Å². The molecule has 0 bridgehead atoms. The third-order valence-electron chi connectivity index (χ3n) is 5.05. The van der Waals surface area contributed by atoms with Crippen LogP contribution in [0.1, 0.15) is 74.8 Å². The molecule has 2 aliphatic carbocycles. The lowest BCUT2D eigenvalue weighted by Gasteiger charge is -2.28. The number of nitrogens with one attached hydrogen (secondary N) is 1. The molecular weight excluding hydrogens is 330 g/mol. The van der Waals surface area contributed by atoms with Gasteiger partial charge in [0, 0.05) is 17.0 Å². The Balaban J connectivity index is 1.69. The smallest absolute Gasteiger partial charge is 0.270 e. The van der Waals surface area contributed by atoms with Crippen LogP contribution in [-0.2, 0) is 4.79 Å². The number of ether oxygens (including phenoxy) is 1. The molecule has 0 spiro atoms. The summed E-state index contributed by atoms with van der Waals surface area (Å²) in [6.45, 7) is 6.21. The van der Waals surface area contributed by atoms with Gasteiger partial charge in [-0.2, -0.15) is 0 Å². The van der Waals surface area contributed by atoms with E-state index < -0.39 is 5.54 Å². The number of carbonyl (C=O) groups is 2. The van der Waals surface area contributed by atoms with Crippen LogP contribution in [0.4, 0.5) is 0 Å². The SMILES string of the molecule is CC(CC(C)(C)NC(=O)c1ccc(C2CC2)c(OCC2CC2)n1)C(N)=O. The van der Waals surface area contributed by atoms with Gasteiger partial charge in [-0.3, -0.25) is 9.59 Å². The molecule has 2 fully saturated rings. The minimum Gasteiger partial charge on any atom is -0.477 e. The first kappa shape index (κ1) is 18.7. The van der Waals surface area contributed by atoms with Gasteiger partial charge in [-0.25, -0.2) is 4.98 Å². The maximum absolute atomic E-state index is 12.7. The Hall–Kier alpha value is -2.11. The normalized spacial score (nSPS) is 18.3. The van der Waals surface area contributed by atoms with Gasteiger partial charge in [0.05, 0.1) is 6.61 Å². The predicted octanol–water partition coefficient (Wildman–Crippen LogP) is 2.77. The standard InChI is InChI=1S/C20H29N3O3/c1-12(17(21)24)10-20(2,3)23-18(25)16-9-8-15(14-6-7-14)19(22-16)26-11-13-4-5-13/h8-9,12-14H,4-7,10-11H2,1-3H3,(H2,21,24)(H,23,25). The van der Waals surface area contributed by atoms with E-state index in [0.29, 0.717) is 36.4 Å². The summed E-state index contributed by atoms with van der Waals surface area (Å²) in [6.07, 6.45) is 5.21. The fourth-order valence-electron chi connectivity index (χ4n) is 3.17. The number of hydrogen-bond donors (Lipinski definition) is 2. The average Bonchev–Trinajstić information content (AvgIpc) is 3.45. The Morgan fingerprint density at radius 3 is 2.58 bits per heavy atom. The number of carbonyl (C=O) groups excluding carboxylic acids is 2. The van der Waals surface area contributed by atoms with Gasteiger partial charge in [0.25, 0.3) is 5.91 Å². The number of nitrogens with two attached hydrogens (primary N) is 1. The summed E-state index contributed by atoms with van der Waals surface area (Å²) in [7, 11) is 0. The van der Waals surface area contributed by atoms with Crippen molar-refractivity contribution in [1.29, 1.82) is 0 Å². The minimum atomic E-state index is -0.558. The Kier molecular flexibility index (Phi) is 5.21. The van der Waals surface area contributed by atoms with Crippen LogP contribution >= 0.6 is 0 Å². The molecule has 1 unspecified atom stereocenters. The molecule has 1 atom stereocenters. The van der Waals surface area contributed by atoms with E-state index >= 15 is 0 Å². The third kappa shape index (κ3) is 4.96. The van der Waals surface area contributed by atoms with E-state index in [4.69, 9.17) is 10.5 Å². The number of nitrogens with zero attached hydrogens (tertiary/aromatic N) is 1. The van der Waals surface area contributed by atoms with E-state index in [1.807, 2.05) is 19.9 Å². The van der Waals surface area contributed by atoms with Crippen molar-refractivity contribution in [1.82, 2.24) is 10.3 Å². The molecule has 1 aromatic heterocycles. The monoisotopic (exact) mass is 359 g/mol. The highest BCUT2D eigenvalue weighted by atomic mass is 16.5. The lowest BCUT2D eigenvalue weighted by atomic mass is 9.91. The van der Waals surface area contributed by atoms with Crippen LogP contribution in [0.3, 0.4) is 0 Å². The van der Waals surface area contributed by atoms with Crippen LogP contribution in [0.2, 0.25) is 0 Å². The van der Waals surface area contributed by atoms with Crippen LogP contribution in [0.25, 0.3) is 0 Å². The van der Waals surface area contributed by atoms with Gasteiger partial charge >= 0.3 is 0 Å². The van der Waals surface area contributed by atoms with E-state index in [2.05, 4.69) is 10.3 Å². The molecule has 26 heavy (non-hydrogen) atoms. The molecule has 0 saturated heterocycles. The first-order valence-electron chi connectivity index (χ1n) is 9.51. The Morgan fingerprint density at radius 1 is 1.31 bits per heavy atom. The van der Waals surface area contributed by atoms with Gasteiger partial charge in [-0.1, -0.05) is 13.0 Å². The number of amides is 2. The summed E-state index contributed by atoms with van der Waals surface area (Å²) in [5.74, 6) is 0.820. The summed E-state index contributed by atoms with van der Waals surface area (Å²) in [6, 6.07) is 3.74. The molecule has 2 amide bonds. The van der Waals surface area contributed by atoms with Gasteiger partial charge in [-0.05, 0) is 63.9 Å². The summed E-state index contributed by atoms with van der Waals surface area (Å²) >= 11 is 0. The molecule has 2 saturated carbocycles. The van der Waals surface area contributed by atoms with Crippen LogP contribution < -0.4 is 15.8 Å². The second kappa shape index (κ2) is 7.25. The van der Waals surface area contributed by atoms with E-state index in [1.165, 1.54) is 12.8 Å². The molecule has 3 rings (SSSR count). The van der Waals surface area contributed by atoms with Crippen LogP contribution in [0.5, 0.6) is 5.88 Å². The Bertz CT molecular complexity index is 694. The van der Waals surface area contributed by atoms with Crippen molar-refractivity contribution in [2.75, 3.05) is 6.61 Å². The fraction of sp³-hybridized carbons (Fsp3) is 0.650. The Labute approximate surface area is 154 Å². The lowest BCUT2D eigenvalue weighted by Crippen LogP contribution is -2.46. The number of primary amides is 1. The van der Waals surface area contributed by atoms with Crippen molar-refractivity contribution in [3.05, 3.63) is 23.4 Å². The first-order valence-corrected chi connectivity index (χ1v) is 9.51. The average molecular weight is 359 g/mol. The summed E-state index contributed by atoms with van der Waals surface area (Å²) in [4.78, 5) is 28.5. The first-order chi connectivity index (χ1) is 12.2. The topological polar surface area (TPSA) is 94.3 Å². The molecule has 6 heteroatoms. The van der Waals surface area contributed by atoms with Crippen molar-refractivity contribution in [3.63, 3.8) is 0 Å². The van der Waals surface area contributed by atoms with Gasteiger partial charge in [0.15, 0.2) is 0 Å². The zero-order valence-corrected chi connectivity index (χ0v) is 15.9. The maximum atomic E-state index is 12.7. The molecule has 1 heterocycles. The van der Waals surface area contributed by atoms with E-state index in [0.717, 1.165) is 18.4 Å². The lowest BCUT2D eigenvalue weighted by molar-refractivity contribution is -0.121. The number of aromatic nitrogens is 1. The number of rotatable bonds is 9. The highest BCUT2D eigenvalue weighted by molar-refractivity contribution is 5.93. The van der Waals surface area contributed by atoms with Gasteiger partial charge < -0.3 is 15.8 Å². The third-order valence-corrected chi connectivity index (χ3v) is 5.05. The molecule has 0 aliphatic heterocycles. The van der Waals surface area contributed by atoms with Crippen molar-refractivity contribution in [2.24, 2.45) is 17.6 Å². The van der Waals surface area contributed by atoms with Crippen molar-refractivity contribution >= 4 is 11.8 Å². The summed E-state index contributed by atoms with van der Waals surface area (Å²) in [5.41, 5.74) is 6.24. The van der Waals surface area contributed by atoms with E-state index in [9.17, 15) is 9.59 Å². The molecule has 0 radical (unpaired) electrons. The second-order valence-electron chi connectivity index (χ2n) is 8.47. The molecule has 142 valence electrons. The molecule has 6 nitrogen and oxygen atoms in total. The van der Waals surface area contributed by atoms with Crippen LogP contribution in [0.15, 0.2) is 12.1 Å². The molecule has 2 aliphatic rings. The minimum absolute atomic E-state index is 0.259. The van der Waals surface area contributed by atoms with Crippen LogP contribution in [0, 0.1) is 11.8 Å². The van der Waals surface area contributed by atoms with Crippen molar-refractivity contribution in [2.45, 2.75) is 64.3 Å². The maximum Gasteiger partial charge on any atom is 0.270 e. The highest BCUT2D eigenvalue weighted by Gasteiger charge is 2.31. The van der Waals surface area contributed by atoms with Crippen molar-refractivity contribution < 1.29 is 14.3 Å². The summed E-state index contributed by atoms with van der Waals surface area (Å²) < 4.78 is 5.93. The number of hydrogen-bond acceptors (Lipinski definition) is 4. The molecule has 1 aromatic rings. The fourth-order valence-corrected chi connectivity index (χ4v) is 3.17. The highest BCUT2D eigenvalue weighted by Crippen LogP contribution is 2.44. The Morgan fingerprint density at radius 2 is 2.00 bits per heavy atom. The quantitative estimate of drug-likeness (QED) is 0.709. The predicted molar refractivity (Wildman–Crippen MR) is 99.0 cm³/mol. The molecule has 0 aromatic carbocycles. The molecule has 3 N–H and O–H groups in total. The summed E-state index contributed by atoms with van der Waals surface area (Å²) in [5, 5.41) is 2.96. The number of pyridine rings is 1. The van der Waals surface area contributed by atoms with Gasteiger partial charge in [-0.15, -0.1) is 0 Å². The second-order valence-corrected chi connectivity index (χ2v) is 8.47. The molecular formula is C20H29N3O3. The largest absolute Gasteiger partial charge is 0.477 e. The van der Waals surface area contributed by atoms with Gasteiger partial charge in [0.2, 0.25) is 11.8 Å².